The van der Waals surface area contributed by atoms with Crippen LogP contribution in [0.4, 0.5) is 5.82 Å². The Kier molecular flexibility index (Phi) is 4.74. The molecular formula is C14H15BrN2O2. The molecule has 2 aromatic rings. The van der Waals surface area contributed by atoms with Crippen molar-refractivity contribution in [3.8, 4) is 0 Å². The van der Waals surface area contributed by atoms with Crippen LogP contribution in [0.3, 0.4) is 0 Å². The van der Waals surface area contributed by atoms with E-state index in [1.54, 1.807) is 12.3 Å². The monoisotopic (exact) mass is 322 g/mol. The molecule has 4 nitrogen and oxygen atoms in total. The summed E-state index contributed by atoms with van der Waals surface area (Å²) in [7, 11) is 0. The van der Waals surface area contributed by atoms with E-state index in [1.807, 2.05) is 25.1 Å². The minimum Gasteiger partial charge on any atom is -0.466 e. The Morgan fingerprint density at radius 2 is 2.21 bits per heavy atom. The zero-order valence-electron chi connectivity index (χ0n) is 10.6. The summed E-state index contributed by atoms with van der Waals surface area (Å²) in [6.45, 7) is 1.91. The van der Waals surface area contributed by atoms with E-state index in [9.17, 15) is 4.79 Å². The van der Waals surface area contributed by atoms with E-state index in [1.165, 1.54) is 0 Å². The Bertz CT molecular complexity index is 549. The average Bonchev–Trinajstić information content (AvgIpc) is 2.78. The number of amides is 1. The molecule has 0 aliphatic heterocycles. The lowest BCUT2D eigenvalue weighted by atomic mass is 10.2. The normalized spacial score (nSPS) is 10.4. The standard InChI is InChI=1S/C14H15BrN2O2/c1-10-5-7-12(19-10)3-2-4-14(18)17-13-8-6-11(15)9-16-13/h5-9H,2-4H2,1H3,(H,16,17,18). The summed E-state index contributed by atoms with van der Waals surface area (Å²) in [4.78, 5) is 15.8. The largest absolute Gasteiger partial charge is 0.466 e. The lowest BCUT2D eigenvalue weighted by Crippen LogP contribution is -2.12. The molecule has 0 aliphatic rings. The lowest BCUT2D eigenvalue weighted by Gasteiger charge is -2.03. The molecule has 0 aromatic carbocycles. The van der Waals surface area contributed by atoms with Crippen molar-refractivity contribution in [2.45, 2.75) is 26.2 Å². The number of rotatable bonds is 5. The third-order valence-electron chi connectivity index (χ3n) is 2.62. The molecule has 0 saturated heterocycles. The molecule has 2 rings (SSSR count). The van der Waals surface area contributed by atoms with Crippen LogP contribution in [0, 0.1) is 6.92 Å². The van der Waals surface area contributed by atoms with Crippen LogP contribution in [-0.4, -0.2) is 10.9 Å². The number of anilines is 1. The number of aromatic nitrogens is 1. The molecule has 0 unspecified atom stereocenters. The van der Waals surface area contributed by atoms with Crippen LogP contribution < -0.4 is 5.32 Å². The molecule has 0 atom stereocenters. The second-order valence-corrected chi connectivity index (χ2v) is 5.19. The third-order valence-corrected chi connectivity index (χ3v) is 3.09. The summed E-state index contributed by atoms with van der Waals surface area (Å²) in [5.74, 6) is 2.37. The van der Waals surface area contributed by atoms with Crippen LogP contribution in [0.15, 0.2) is 39.4 Å². The third kappa shape index (κ3) is 4.52. The van der Waals surface area contributed by atoms with E-state index in [-0.39, 0.29) is 5.91 Å². The fourth-order valence-electron chi connectivity index (χ4n) is 1.70. The first kappa shape index (κ1) is 13.8. The van der Waals surface area contributed by atoms with Crippen LogP contribution in [0.25, 0.3) is 0 Å². The Morgan fingerprint density at radius 3 is 2.84 bits per heavy atom. The van der Waals surface area contributed by atoms with Crippen LogP contribution in [0.2, 0.25) is 0 Å². The van der Waals surface area contributed by atoms with Crippen LogP contribution in [0.1, 0.15) is 24.4 Å². The Morgan fingerprint density at radius 1 is 1.37 bits per heavy atom. The zero-order chi connectivity index (χ0) is 13.7. The second-order valence-electron chi connectivity index (χ2n) is 4.28. The predicted molar refractivity (Wildman–Crippen MR) is 76.9 cm³/mol. The summed E-state index contributed by atoms with van der Waals surface area (Å²) < 4.78 is 6.34. The van der Waals surface area contributed by atoms with Gasteiger partial charge in [0.05, 0.1) is 0 Å². The molecule has 0 aliphatic carbocycles. The molecule has 0 spiro atoms. The van der Waals surface area contributed by atoms with Crippen molar-refractivity contribution >= 4 is 27.7 Å². The van der Waals surface area contributed by atoms with E-state index in [0.29, 0.717) is 12.2 Å². The number of carbonyl (C=O) groups excluding carboxylic acids is 1. The van der Waals surface area contributed by atoms with Crippen molar-refractivity contribution in [3.05, 3.63) is 46.5 Å². The highest BCUT2D eigenvalue weighted by molar-refractivity contribution is 9.10. The van der Waals surface area contributed by atoms with Crippen molar-refractivity contribution in [1.29, 1.82) is 0 Å². The number of pyridine rings is 1. The van der Waals surface area contributed by atoms with Gasteiger partial charge in [0, 0.05) is 23.5 Å². The quantitative estimate of drug-likeness (QED) is 0.913. The van der Waals surface area contributed by atoms with Gasteiger partial charge in [-0.25, -0.2) is 4.98 Å². The first-order valence-corrected chi connectivity index (χ1v) is 6.89. The topological polar surface area (TPSA) is 55.1 Å². The van der Waals surface area contributed by atoms with Gasteiger partial charge in [0.15, 0.2) is 0 Å². The molecule has 1 N–H and O–H groups in total. The number of halogens is 1. The SMILES string of the molecule is Cc1ccc(CCCC(=O)Nc2ccc(Br)cn2)o1. The van der Waals surface area contributed by atoms with Crippen LogP contribution >= 0.6 is 15.9 Å². The van der Waals surface area contributed by atoms with Gasteiger partial charge < -0.3 is 9.73 Å². The van der Waals surface area contributed by atoms with Gasteiger partial charge in [0.1, 0.15) is 17.3 Å². The maximum atomic E-state index is 11.7. The van der Waals surface area contributed by atoms with Gasteiger partial charge in [0.25, 0.3) is 0 Å². The second kappa shape index (κ2) is 6.52. The highest BCUT2D eigenvalue weighted by Crippen LogP contribution is 2.12. The first-order chi connectivity index (χ1) is 9.13. The number of aryl methyl sites for hydroxylation is 2. The van der Waals surface area contributed by atoms with E-state index in [2.05, 4.69) is 26.2 Å². The van der Waals surface area contributed by atoms with Crippen molar-refractivity contribution in [2.75, 3.05) is 5.32 Å². The van der Waals surface area contributed by atoms with Crippen molar-refractivity contribution in [3.63, 3.8) is 0 Å². The van der Waals surface area contributed by atoms with E-state index >= 15 is 0 Å². The molecule has 1 amide bonds. The van der Waals surface area contributed by atoms with Crippen molar-refractivity contribution in [2.24, 2.45) is 0 Å². The molecule has 0 saturated carbocycles. The number of nitrogens with zero attached hydrogens (tertiary/aromatic N) is 1. The summed E-state index contributed by atoms with van der Waals surface area (Å²) >= 11 is 3.30. The molecule has 0 radical (unpaired) electrons. The summed E-state index contributed by atoms with van der Waals surface area (Å²) in [6, 6.07) is 7.48. The van der Waals surface area contributed by atoms with E-state index in [4.69, 9.17) is 4.42 Å². The fraction of sp³-hybridized carbons (Fsp3) is 0.286. The maximum absolute atomic E-state index is 11.7. The molecule has 0 fully saturated rings. The first-order valence-electron chi connectivity index (χ1n) is 6.10. The minimum absolute atomic E-state index is 0.0295. The number of nitrogens with one attached hydrogen (secondary N) is 1. The minimum atomic E-state index is -0.0295. The Labute approximate surface area is 120 Å². The van der Waals surface area contributed by atoms with Gasteiger partial charge in [-0.1, -0.05) is 0 Å². The summed E-state index contributed by atoms with van der Waals surface area (Å²) in [5, 5.41) is 2.76. The Hall–Kier alpha value is -1.62. The number of carbonyl (C=O) groups is 1. The maximum Gasteiger partial charge on any atom is 0.225 e. The van der Waals surface area contributed by atoms with Crippen molar-refractivity contribution < 1.29 is 9.21 Å². The molecule has 2 aromatic heterocycles. The highest BCUT2D eigenvalue weighted by atomic mass is 79.9. The zero-order valence-corrected chi connectivity index (χ0v) is 12.2. The van der Waals surface area contributed by atoms with Gasteiger partial charge in [-0.05, 0) is 53.5 Å². The van der Waals surface area contributed by atoms with E-state index < -0.39 is 0 Å². The molecular weight excluding hydrogens is 308 g/mol. The summed E-state index contributed by atoms with van der Waals surface area (Å²) in [6.07, 6.45) is 3.64. The van der Waals surface area contributed by atoms with Gasteiger partial charge in [-0.3, -0.25) is 4.79 Å². The number of furan rings is 1. The van der Waals surface area contributed by atoms with Crippen molar-refractivity contribution in [1.82, 2.24) is 4.98 Å². The smallest absolute Gasteiger partial charge is 0.225 e. The summed E-state index contributed by atoms with van der Waals surface area (Å²) in [5.41, 5.74) is 0. The average molecular weight is 323 g/mol. The predicted octanol–water partition coefficient (Wildman–Crippen LogP) is 3.71. The molecule has 100 valence electrons. The Balaban J connectivity index is 1.74. The van der Waals surface area contributed by atoms with E-state index in [0.717, 1.165) is 28.8 Å². The lowest BCUT2D eigenvalue weighted by molar-refractivity contribution is -0.116. The van der Waals surface area contributed by atoms with Gasteiger partial charge in [-0.15, -0.1) is 0 Å². The highest BCUT2D eigenvalue weighted by Gasteiger charge is 2.05. The molecule has 5 heteroatoms. The van der Waals surface area contributed by atoms with Gasteiger partial charge in [0.2, 0.25) is 5.91 Å². The van der Waals surface area contributed by atoms with Crippen LogP contribution in [0.5, 0.6) is 0 Å². The molecule has 2 heterocycles. The fourth-order valence-corrected chi connectivity index (χ4v) is 1.93. The number of hydrogen-bond donors (Lipinski definition) is 1. The number of hydrogen-bond acceptors (Lipinski definition) is 3. The van der Waals surface area contributed by atoms with Gasteiger partial charge >= 0.3 is 0 Å². The molecule has 0 bridgehead atoms. The van der Waals surface area contributed by atoms with Gasteiger partial charge in [-0.2, -0.15) is 0 Å². The van der Waals surface area contributed by atoms with Crippen LogP contribution in [-0.2, 0) is 11.2 Å². The molecule has 19 heavy (non-hydrogen) atoms.